The number of carbonyl (C=O) groups is 1. The number of rotatable bonds is 2. The fourth-order valence-corrected chi connectivity index (χ4v) is 0.943. The summed E-state index contributed by atoms with van der Waals surface area (Å²) in [5.74, 6) is 0.156. The smallest absolute Gasteiger partial charge is 0.281 e. The molecule has 0 fully saturated rings. The van der Waals surface area contributed by atoms with Crippen LogP contribution in [0.5, 0.6) is 0 Å². The van der Waals surface area contributed by atoms with Gasteiger partial charge in [0.15, 0.2) is 5.78 Å². The van der Waals surface area contributed by atoms with Gasteiger partial charge in [-0.25, -0.2) is 0 Å². The van der Waals surface area contributed by atoms with Gasteiger partial charge in [0.1, 0.15) is 0 Å². The summed E-state index contributed by atoms with van der Waals surface area (Å²) >= 11 is 0. The Bertz CT molecular complexity index is 244. The molecule has 6 radical (unpaired) electrons. The van der Waals surface area contributed by atoms with Crippen molar-refractivity contribution in [1.29, 1.82) is 0 Å². The molecule has 0 spiro atoms. The molecule has 0 aliphatic heterocycles. The first-order valence-electron chi connectivity index (χ1n) is 3.95. The Balaban J connectivity index is -0.000000106. The minimum Gasteiger partial charge on any atom is -0.294 e. The van der Waals surface area contributed by atoms with Crippen LogP contribution in [-0.2, 0) is 36.2 Å². The molecule has 0 saturated carbocycles. The molecule has 90 valence electrons. The van der Waals surface area contributed by atoms with E-state index in [0.717, 1.165) is 6.42 Å². The fourth-order valence-electron chi connectivity index (χ4n) is 0.943. The second kappa shape index (κ2) is 23.9. The second-order valence-electron chi connectivity index (χ2n) is 2.26. The zero-order chi connectivity index (χ0) is 13.4. The summed E-state index contributed by atoms with van der Waals surface area (Å²) in [4.78, 5) is 33.5. The largest absolute Gasteiger partial charge is 0.294 e. The topological polar surface area (TPSA) is 68.3 Å². The third kappa shape index (κ3) is 14.4. The summed E-state index contributed by atoms with van der Waals surface area (Å²) in [6.45, 7) is 16.9. The Labute approximate surface area is 112 Å². The van der Waals surface area contributed by atoms with Crippen molar-refractivity contribution in [2.45, 2.75) is 6.42 Å². The molecule has 1 rings (SSSR count). The van der Waals surface area contributed by atoms with Crippen LogP contribution in [-0.4, -0.2) is 26.2 Å². The summed E-state index contributed by atoms with van der Waals surface area (Å²) in [5.41, 5.74) is 0. The first kappa shape index (κ1) is 24.6. The van der Waals surface area contributed by atoms with Gasteiger partial charge in [-0.3, -0.25) is 19.2 Å². The number of allylic oxidation sites excluding steroid dienone is 5. The quantitative estimate of drug-likeness (QED) is 0.548. The van der Waals surface area contributed by atoms with Gasteiger partial charge >= 0.3 is 0 Å². The van der Waals surface area contributed by atoms with Crippen molar-refractivity contribution >= 4 is 26.2 Å². The maximum absolute atomic E-state index is 11.0. The van der Waals surface area contributed by atoms with Crippen molar-refractivity contribution in [2.75, 3.05) is 0 Å². The van der Waals surface area contributed by atoms with Gasteiger partial charge in [-0.2, -0.15) is 0 Å². The third-order valence-electron chi connectivity index (χ3n) is 1.55. The van der Waals surface area contributed by atoms with Gasteiger partial charge in [0.25, 0.3) is 20.4 Å². The van der Waals surface area contributed by atoms with Crippen LogP contribution >= 0.6 is 0 Å². The summed E-state index contributed by atoms with van der Waals surface area (Å²) in [6.07, 6.45) is 9.95. The van der Waals surface area contributed by atoms with Crippen molar-refractivity contribution in [2.24, 2.45) is 5.92 Å². The van der Waals surface area contributed by atoms with E-state index < -0.39 is 0 Å². The van der Waals surface area contributed by atoms with Gasteiger partial charge in [0.05, 0.1) is 0 Å². The van der Waals surface area contributed by atoms with E-state index in [1.54, 1.807) is 0 Å². The van der Waals surface area contributed by atoms with Crippen LogP contribution in [0.2, 0.25) is 0 Å². The Morgan fingerprint density at radius 2 is 1.59 bits per heavy atom. The number of carbonyl (C=O) groups excluding carboxylic acids is 4. The summed E-state index contributed by atoms with van der Waals surface area (Å²) in [6, 6.07) is 0. The predicted molar refractivity (Wildman–Crippen MR) is 58.7 cm³/mol. The molecule has 0 bridgehead atoms. The summed E-state index contributed by atoms with van der Waals surface area (Å²) < 4.78 is 0. The molecule has 4 nitrogen and oxygen atoms in total. The van der Waals surface area contributed by atoms with Crippen LogP contribution in [0, 0.1) is 5.92 Å². The zero-order valence-electron chi connectivity index (χ0n) is 8.86. The van der Waals surface area contributed by atoms with E-state index in [4.69, 9.17) is 14.4 Å². The molecule has 0 N–H and O–H groups in total. The maximum Gasteiger partial charge on any atom is 0.281 e. The molecule has 1 aliphatic carbocycles. The Kier molecular flexibility index (Phi) is 34.6. The third-order valence-corrected chi connectivity index (χ3v) is 1.55. The maximum atomic E-state index is 11.0. The van der Waals surface area contributed by atoms with E-state index in [0.29, 0.717) is 0 Å². The second-order valence-corrected chi connectivity index (χ2v) is 2.26. The summed E-state index contributed by atoms with van der Waals surface area (Å²) in [5, 5.41) is 0. The molecule has 1 aliphatic rings. The van der Waals surface area contributed by atoms with Crippen molar-refractivity contribution in [3.05, 3.63) is 37.0 Å². The number of hydrogen-bond donors (Lipinski definition) is 0. The van der Waals surface area contributed by atoms with Crippen LogP contribution in [0.4, 0.5) is 0 Å². The minimum absolute atomic E-state index is 0. The van der Waals surface area contributed by atoms with Gasteiger partial charge in [0.2, 0.25) is 0 Å². The Hall–Kier alpha value is -1.58. The molecular weight excluding hydrogens is 264 g/mol. The number of hydrogen-bond acceptors (Lipinski definition) is 4. The van der Waals surface area contributed by atoms with E-state index >= 15 is 0 Å². The van der Waals surface area contributed by atoms with Crippen molar-refractivity contribution in [3.8, 4) is 0 Å². The van der Waals surface area contributed by atoms with E-state index in [1.165, 1.54) is 6.08 Å². The van der Waals surface area contributed by atoms with Crippen molar-refractivity contribution < 1.29 is 36.2 Å². The Morgan fingerprint density at radius 1 is 1.12 bits per heavy atom. The van der Waals surface area contributed by atoms with E-state index in [2.05, 4.69) is 26.9 Å². The molecule has 0 saturated heterocycles. The molecule has 1 unspecified atom stereocenters. The van der Waals surface area contributed by atoms with E-state index in [-0.39, 0.29) is 28.8 Å². The zero-order valence-corrected chi connectivity index (χ0v) is 9.97. The van der Waals surface area contributed by atoms with Gasteiger partial charge in [-0.1, -0.05) is 30.9 Å². The minimum atomic E-state index is 0. The predicted octanol–water partition coefficient (Wildman–Crippen LogP) is 0.680. The molecule has 0 aromatic heterocycles. The molecule has 0 heterocycles. The van der Waals surface area contributed by atoms with E-state index in [9.17, 15) is 4.79 Å². The molecular formula is C12H10FeO4. The van der Waals surface area contributed by atoms with Gasteiger partial charge in [-0.15, -0.1) is 0 Å². The SMILES string of the molecule is C=CC(=O)C1C=CC=CC1.[C]=O.[C]=O.[C]=O.[Fe]. The normalized spacial score (nSPS) is 14.0. The van der Waals surface area contributed by atoms with Gasteiger partial charge in [0, 0.05) is 23.0 Å². The number of ketones is 1. The Morgan fingerprint density at radius 3 is 1.88 bits per heavy atom. The van der Waals surface area contributed by atoms with Crippen LogP contribution < -0.4 is 0 Å². The summed E-state index contributed by atoms with van der Waals surface area (Å²) in [7, 11) is 0. The molecule has 0 aromatic rings. The van der Waals surface area contributed by atoms with Crippen LogP contribution in [0.25, 0.3) is 0 Å². The van der Waals surface area contributed by atoms with E-state index in [1.807, 2.05) is 24.3 Å². The van der Waals surface area contributed by atoms with Crippen LogP contribution in [0.15, 0.2) is 37.0 Å². The van der Waals surface area contributed by atoms with Crippen LogP contribution in [0.1, 0.15) is 6.42 Å². The first-order valence-corrected chi connectivity index (χ1v) is 3.95. The molecule has 5 heteroatoms. The first-order chi connectivity index (χ1) is 7.84. The molecule has 0 amide bonds. The molecule has 0 aromatic carbocycles. The average molecular weight is 274 g/mol. The van der Waals surface area contributed by atoms with Gasteiger partial charge < -0.3 is 0 Å². The molecule has 17 heavy (non-hydrogen) atoms. The monoisotopic (exact) mass is 274 g/mol. The van der Waals surface area contributed by atoms with Crippen molar-refractivity contribution in [3.63, 3.8) is 0 Å². The van der Waals surface area contributed by atoms with Crippen LogP contribution in [0.3, 0.4) is 0 Å². The van der Waals surface area contributed by atoms with Gasteiger partial charge in [-0.05, 0) is 12.5 Å². The molecule has 1 atom stereocenters. The average Bonchev–Trinajstić information content (AvgIpc) is 2.45. The van der Waals surface area contributed by atoms with Crippen molar-refractivity contribution in [1.82, 2.24) is 0 Å². The standard InChI is InChI=1S/C9H10O.3CO.Fe/c1-2-9(10)8-6-4-3-5-7-8;3*1-2;/h2-6,8H,1,7H2;;;;. The fraction of sp³-hybridized carbons (Fsp3) is 0.167.